The van der Waals surface area contributed by atoms with Crippen LogP contribution >= 0.6 is 0 Å². The number of carbonyl (C=O) groups excluding carboxylic acids is 2. The first-order chi connectivity index (χ1) is 16.1. The van der Waals surface area contributed by atoms with Gasteiger partial charge >= 0.3 is 0 Å². The largest absolute Gasteiger partial charge is 0.371 e. The maximum Gasteiger partial charge on any atom is 0.254 e. The minimum absolute atomic E-state index is 0.166. The lowest BCUT2D eigenvalue weighted by molar-refractivity contribution is -0.135. The highest BCUT2D eigenvalue weighted by Crippen LogP contribution is 2.28. The van der Waals surface area contributed by atoms with E-state index in [9.17, 15) is 9.59 Å². The molecule has 33 heavy (non-hydrogen) atoms. The van der Waals surface area contributed by atoms with Gasteiger partial charge < -0.3 is 26.2 Å². The molecular formula is C24H31N7O2. The van der Waals surface area contributed by atoms with Crippen molar-refractivity contribution in [1.82, 2.24) is 14.9 Å². The quantitative estimate of drug-likeness (QED) is 0.595. The molecule has 9 nitrogen and oxygen atoms in total. The molecule has 0 spiro atoms. The number of likely N-dealkylation sites (tertiary alicyclic amines) is 1. The Labute approximate surface area is 193 Å². The molecule has 3 heterocycles. The van der Waals surface area contributed by atoms with Gasteiger partial charge in [0.2, 0.25) is 11.9 Å². The number of amides is 2. The van der Waals surface area contributed by atoms with Gasteiger partial charge in [-0.15, -0.1) is 0 Å². The molecule has 1 aliphatic carbocycles. The topological polar surface area (TPSA) is 116 Å². The molecule has 1 aromatic heterocycles. The zero-order valence-electron chi connectivity index (χ0n) is 18.8. The van der Waals surface area contributed by atoms with Gasteiger partial charge in [-0.25, -0.2) is 4.98 Å². The zero-order valence-corrected chi connectivity index (χ0v) is 18.8. The van der Waals surface area contributed by atoms with Crippen LogP contribution in [0.3, 0.4) is 0 Å². The van der Waals surface area contributed by atoms with E-state index in [4.69, 9.17) is 5.73 Å². The summed E-state index contributed by atoms with van der Waals surface area (Å²) in [5, 5.41) is 6.45. The smallest absolute Gasteiger partial charge is 0.254 e. The molecule has 3 fully saturated rings. The molecule has 0 atom stereocenters. The number of nitrogens with zero attached hydrogens (tertiary/aromatic N) is 4. The highest BCUT2D eigenvalue weighted by atomic mass is 16.2. The first kappa shape index (κ1) is 21.5. The highest BCUT2D eigenvalue weighted by Gasteiger charge is 2.30. The van der Waals surface area contributed by atoms with Gasteiger partial charge in [-0.1, -0.05) is 0 Å². The third kappa shape index (κ3) is 5.02. The van der Waals surface area contributed by atoms with Crippen molar-refractivity contribution in [2.24, 2.45) is 11.7 Å². The average molecular weight is 450 g/mol. The Morgan fingerprint density at radius 1 is 0.970 bits per heavy atom. The van der Waals surface area contributed by atoms with Crippen LogP contribution in [-0.2, 0) is 4.79 Å². The third-order valence-electron chi connectivity index (χ3n) is 6.72. The van der Waals surface area contributed by atoms with Crippen molar-refractivity contribution in [1.29, 1.82) is 0 Å². The van der Waals surface area contributed by atoms with Crippen LogP contribution < -0.4 is 21.3 Å². The first-order valence-corrected chi connectivity index (χ1v) is 11.9. The molecule has 4 N–H and O–H groups in total. The van der Waals surface area contributed by atoms with Gasteiger partial charge in [-0.05, 0) is 62.8 Å². The minimum Gasteiger partial charge on any atom is -0.371 e. The predicted molar refractivity (Wildman–Crippen MR) is 128 cm³/mol. The second-order valence-corrected chi connectivity index (χ2v) is 9.20. The summed E-state index contributed by atoms with van der Waals surface area (Å²) in [5.41, 5.74) is 7.76. The van der Waals surface area contributed by atoms with E-state index in [1.54, 1.807) is 0 Å². The lowest BCUT2D eigenvalue weighted by Gasteiger charge is -2.34. The van der Waals surface area contributed by atoms with Crippen molar-refractivity contribution < 1.29 is 9.59 Å². The van der Waals surface area contributed by atoms with Gasteiger partial charge in [-0.3, -0.25) is 9.59 Å². The fourth-order valence-electron chi connectivity index (χ4n) is 4.62. The normalized spacial score (nSPS) is 18.9. The Bertz CT molecular complexity index is 1010. The van der Waals surface area contributed by atoms with Gasteiger partial charge in [0.25, 0.3) is 5.91 Å². The number of rotatable bonds is 7. The average Bonchev–Trinajstić information content (AvgIpc) is 3.47. The predicted octanol–water partition coefficient (Wildman–Crippen LogP) is 2.73. The van der Waals surface area contributed by atoms with Crippen molar-refractivity contribution in [3.8, 4) is 0 Å². The number of anilines is 4. The second-order valence-electron chi connectivity index (χ2n) is 9.20. The van der Waals surface area contributed by atoms with Crippen LogP contribution in [0.5, 0.6) is 0 Å². The third-order valence-corrected chi connectivity index (χ3v) is 6.72. The van der Waals surface area contributed by atoms with Crippen LogP contribution in [0.25, 0.3) is 0 Å². The fraction of sp³-hybridized carbons (Fsp3) is 0.500. The number of primary amides is 1. The molecule has 9 heteroatoms. The van der Waals surface area contributed by atoms with Crippen molar-refractivity contribution in [2.45, 2.75) is 44.6 Å². The SMILES string of the molecule is NC(=O)c1cnc(Nc2ccc(N3CCC(C(=O)N4CCCC4)CC3)cc2)nc1NC1CC1. The molecule has 1 saturated carbocycles. The molecule has 1 aromatic carbocycles. The van der Waals surface area contributed by atoms with Crippen molar-refractivity contribution in [3.05, 3.63) is 36.0 Å². The minimum atomic E-state index is -0.542. The lowest BCUT2D eigenvalue weighted by Crippen LogP contribution is -2.41. The summed E-state index contributed by atoms with van der Waals surface area (Å²) in [5.74, 6) is 0.867. The molecule has 174 valence electrons. The van der Waals surface area contributed by atoms with E-state index in [1.807, 2.05) is 17.0 Å². The molecule has 0 bridgehead atoms. The van der Waals surface area contributed by atoms with Crippen molar-refractivity contribution in [2.75, 3.05) is 41.7 Å². The van der Waals surface area contributed by atoms with Gasteiger partial charge in [-0.2, -0.15) is 4.98 Å². The molecule has 5 rings (SSSR count). The Kier molecular flexibility index (Phi) is 6.02. The molecule has 0 unspecified atom stereocenters. The van der Waals surface area contributed by atoms with E-state index >= 15 is 0 Å². The summed E-state index contributed by atoms with van der Waals surface area (Å²) >= 11 is 0. The van der Waals surface area contributed by atoms with Crippen LogP contribution in [0.4, 0.5) is 23.1 Å². The highest BCUT2D eigenvalue weighted by molar-refractivity contribution is 5.97. The standard InChI is InChI=1S/C24H31N7O2/c25-21(32)20-15-26-24(29-22(20)27-17-3-4-17)28-18-5-7-19(8-6-18)30-13-9-16(10-14-30)23(33)31-11-1-2-12-31/h5-8,15-17H,1-4,9-14H2,(H2,25,32)(H2,26,27,28,29). The van der Waals surface area contributed by atoms with Crippen LogP contribution in [0.15, 0.2) is 30.5 Å². The van der Waals surface area contributed by atoms with Crippen molar-refractivity contribution >= 4 is 35.0 Å². The van der Waals surface area contributed by atoms with Crippen LogP contribution in [0.1, 0.15) is 48.9 Å². The summed E-state index contributed by atoms with van der Waals surface area (Å²) in [6.45, 7) is 3.65. The molecule has 2 aliphatic heterocycles. The van der Waals surface area contributed by atoms with Gasteiger partial charge in [0, 0.05) is 55.7 Å². The zero-order chi connectivity index (χ0) is 22.8. The number of nitrogens with two attached hydrogens (primary N) is 1. The van der Waals surface area contributed by atoms with E-state index < -0.39 is 5.91 Å². The van der Waals surface area contributed by atoms with Crippen molar-refractivity contribution in [3.63, 3.8) is 0 Å². The summed E-state index contributed by atoms with van der Waals surface area (Å²) in [6.07, 6.45) is 7.70. The van der Waals surface area contributed by atoms with E-state index in [2.05, 4.69) is 37.6 Å². The molecule has 3 aliphatic rings. The fourth-order valence-corrected chi connectivity index (χ4v) is 4.62. The van der Waals surface area contributed by atoms with E-state index in [0.717, 1.165) is 76.1 Å². The molecular weight excluding hydrogens is 418 g/mol. The molecule has 0 radical (unpaired) electrons. The van der Waals surface area contributed by atoms with Gasteiger partial charge in [0.05, 0.1) is 5.56 Å². The van der Waals surface area contributed by atoms with Crippen LogP contribution in [-0.4, -0.2) is 58.9 Å². The monoisotopic (exact) mass is 449 g/mol. The Morgan fingerprint density at radius 2 is 1.67 bits per heavy atom. The number of hydrogen-bond acceptors (Lipinski definition) is 7. The lowest BCUT2D eigenvalue weighted by atomic mass is 9.95. The number of nitrogens with one attached hydrogen (secondary N) is 2. The first-order valence-electron chi connectivity index (χ1n) is 11.9. The van der Waals surface area contributed by atoms with Gasteiger partial charge in [0.15, 0.2) is 0 Å². The summed E-state index contributed by atoms with van der Waals surface area (Å²) in [7, 11) is 0. The number of aromatic nitrogens is 2. The van der Waals surface area contributed by atoms with Crippen LogP contribution in [0, 0.1) is 5.92 Å². The summed E-state index contributed by atoms with van der Waals surface area (Å²) < 4.78 is 0. The molecule has 2 saturated heterocycles. The second kappa shape index (κ2) is 9.25. The summed E-state index contributed by atoms with van der Waals surface area (Å²) in [6, 6.07) is 8.49. The van der Waals surface area contributed by atoms with Gasteiger partial charge in [0.1, 0.15) is 5.82 Å². The van der Waals surface area contributed by atoms with Crippen LogP contribution in [0.2, 0.25) is 0 Å². The Hall–Kier alpha value is -3.36. The number of hydrogen-bond donors (Lipinski definition) is 3. The maximum atomic E-state index is 12.7. The van der Waals surface area contributed by atoms with E-state index in [0.29, 0.717) is 29.3 Å². The molecule has 2 amide bonds. The molecule has 2 aromatic rings. The van der Waals surface area contributed by atoms with E-state index in [-0.39, 0.29) is 5.92 Å². The number of benzene rings is 1. The maximum absolute atomic E-state index is 12.7. The number of piperidine rings is 1. The Balaban J connectivity index is 1.19. The Morgan fingerprint density at radius 3 is 2.30 bits per heavy atom. The number of carbonyl (C=O) groups is 2. The van der Waals surface area contributed by atoms with E-state index in [1.165, 1.54) is 6.20 Å². The summed E-state index contributed by atoms with van der Waals surface area (Å²) in [4.78, 5) is 37.4.